The van der Waals surface area contributed by atoms with Crippen molar-refractivity contribution >= 4 is 16.6 Å². The van der Waals surface area contributed by atoms with E-state index in [1.165, 1.54) is 12.0 Å². The summed E-state index contributed by atoms with van der Waals surface area (Å²) < 4.78 is 2.01. The lowest BCUT2D eigenvalue weighted by molar-refractivity contribution is 0.253. The fourth-order valence-corrected chi connectivity index (χ4v) is 4.57. The Kier molecular flexibility index (Phi) is 3.95. The molecule has 3 heterocycles. The molecule has 0 amide bonds. The number of nitrogens with two attached hydrogens (primary N) is 1. The van der Waals surface area contributed by atoms with Crippen LogP contribution < -0.4 is 5.73 Å². The number of benzene rings is 2. The SMILES string of the molecule is Cc1nnc2c3cc(-c4ccccc4)c(-c4ccc(C5(N)CCC5)cc4)nc3ccn12. The first-order valence-corrected chi connectivity index (χ1v) is 10.7. The summed E-state index contributed by atoms with van der Waals surface area (Å²) in [5, 5.41) is 9.64. The zero-order chi connectivity index (χ0) is 21.0. The Morgan fingerprint density at radius 2 is 1.68 bits per heavy atom. The van der Waals surface area contributed by atoms with Gasteiger partial charge in [0.25, 0.3) is 0 Å². The van der Waals surface area contributed by atoms with E-state index >= 15 is 0 Å². The van der Waals surface area contributed by atoms with Crippen molar-refractivity contribution in [3.63, 3.8) is 0 Å². The van der Waals surface area contributed by atoms with Gasteiger partial charge in [-0.05, 0) is 49.4 Å². The first-order chi connectivity index (χ1) is 15.1. The molecule has 31 heavy (non-hydrogen) atoms. The zero-order valence-corrected chi connectivity index (χ0v) is 17.4. The van der Waals surface area contributed by atoms with Crippen molar-refractivity contribution < 1.29 is 0 Å². The number of hydrogen-bond donors (Lipinski definition) is 1. The maximum Gasteiger partial charge on any atom is 0.170 e. The number of nitrogens with zero attached hydrogens (tertiary/aromatic N) is 4. The summed E-state index contributed by atoms with van der Waals surface area (Å²) in [4.78, 5) is 5.09. The van der Waals surface area contributed by atoms with Crippen molar-refractivity contribution in [1.82, 2.24) is 19.6 Å². The van der Waals surface area contributed by atoms with Gasteiger partial charge in [-0.2, -0.15) is 0 Å². The molecule has 0 radical (unpaired) electrons. The van der Waals surface area contributed by atoms with Crippen molar-refractivity contribution in [3.8, 4) is 22.4 Å². The van der Waals surface area contributed by atoms with Gasteiger partial charge in [-0.3, -0.25) is 4.40 Å². The first kappa shape index (κ1) is 18.2. The number of hydrogen-bond acceptors (Lipinski definition) is 4. The molecule has 2 aromatic carbocycles. The highest BCUT2D eigenvalue weighted by atomic mass is 15.2. The van der Waals surface area contributed by atoms with Crippen LogP contribution in [0.3, 0.4) is 0 Å². The molecule has 5 nitrogen and oxygen atoms in total. The average Bonchev–Trinajstić information content (AvgIpc) is 3.18. The zero-order valence-electron chi connectivity index (χ0n) is 17.4. The predicted molar refractivity (Wildman–Crippen MR) is 124 cm³/mol. The van der Waals surface area contributed by atoms with Gasteiger partial charge in [-0.1, -0.05) is 54.6 Å². The molecule has 5 heteroatoms. The third kappa shape index (κ3) is 2.85. The fraction of sp³-hybridized carbons (Fsp3) is 0.192. The van der Waals surface area contributed by atoms with Crippen molar-refractivity contribution in [3.05, 3.63) is 84.3 Å². The third-order valence-electron chi connectivity index (χ3n) is 6.60. The van der Waals surface area contributed by atoms with E-state index in [9.17, 15) is 0 Å². The normalized spacial score (nSPS) is 15.3. The van der Waals surface area contributed by atoms with Crippen LogP contribution in [0.2, 0.25) is 0 Å². The van der Waals surface area contributed by atoms with E-state index in [1.807, 2.05) is 29.7 Å². The van der Waals surface area contributed by atoms with Crippen LogP contribution in [0.4, 0.5) is 0 Å². The Balaban J connectivity index is 1.58. The molecular formula is C26H23N5. The quantitative estimate of drug-likeness (QED) is 0.445. The highest BCUT2D eigenvalue weighted by molar-refractivity contribution is 5.98. The van der Waals surface area contributed by atoms with Gasteiger partial charge in [-0.15, -0.1) is 10.2 Å². The smallest absolute Gasteiger partial charge is 0.170 e. The monoisotopic (exact) mass is 405 g/mol. The molecule has 0 bridgehead atoms. The van der Waals surface area contributed by atoms with Crippen LogP contribution in [0.1, 0.15) is 30.7 Å². The van der Waals surface area contributed by atoms with E-state index in [4.69, 9.17) is 10.7 Å². The van der Waals surface area contributed by atoms with Crippen LogP contribution in [0.25, 0.3) is 38.9 Å². The van der Waals surface area contributed by atoms with E-state index in [2.05, 4.69) is 64.8 Å². The highest BCUT2D eigenvalue weighted by Gasteiger charge is 2.34. The first-order valence-electron chi connectivity index (χ1n) is 10.7. The van der Waals surface area contributed by atoms with E-state index in [-0.39, 0.29) is 5.54 Å². The summed E-state index contributed by atoms with van der Waals surface area (Å²) in [5.41, 5.74) is 13.6. The van der Waals surface area contributed by atoms with Gasteiger partial charge in [0.05, 0.1) is 11.2 Å². The summed E-state index contributed by atoms with van der Waals surface area (Å²) in [5.74, 6) is 0.865. The molecule has 1 aliphatic carbocycles. The lowest BCUT2D eigenvalue weighted by atomic mass is 9.72. The molecule has 0 spiro atoms. The van der Waals surface area contributed by atoms with Crippen LogP contribution in [-0.4, -0.2) is 19.6 Å². The molecule has 0 atom stereocenters. The third-order valence-corrected chi connectivity index (χ3v) is 6.60. The maximum atomic E-state index is 6.53. The molecular weight excluding hydrogens is 382 g/mol. The van der Waals surface area contributed by atoms with Gasteiger partial charge in [0.1, 0.15) is 5.82 Å². The van der Waals surface area contributed by atoms with Crippen molar-refractivity contribution in [2.45, 2.75) is 31.7 Å². The molecule has 5 aromatic rings. The van der Waals surface area contributed by atoms with Crippen LogP contribution in [0.5, 0.6) is 0 Å². The molecule has 2 N–H and O–H groups in total. The minimum atomic E-state index is -0.158. The predicted octanol–water partition coefficient (Wildman–Crippen LogP) is 5.26. The minimum absolute atomic E-state index is 0.158. The van der Waals surface area contributed by atoms with Gasteiger partial charge in [0.2, 0.25) is 0 Å². The standard InChI is InChI=1S/C26H23N5/c1-17-29-30-25-22-16-21(18-6-3-2-4-7-18)24(28-23(22)12-15-31(17)25)19-8-10-20(11-9-19)26(27)13-5-14-26/h2-4,6-12,15-16H,5,13-14,27H2,1H3. The largest absolute Gasteiger partial charge is 0.321 e. The summed E-state index contributed by atoms with van der Waals surface area (Å²) in [6.07, 6.45) is 5.32. The molecule has 0 unspecified atom stereocenters. The summed E-state index contributed by atoms with van der Waals surface area (Å²) in [7, 11) is 0. The molecule has 152 valence electrons. The summed E-state index contributed by atoms with van der Waals surface area (Å²) >= 11 is 0. The number of aryl methyl sites for hydroxylation is 1. The Morgan fingerprint density at radius 3 is 2.39 bits per heavy atom. The molecule has 1 aliphatic rings. The van der Waals surface area contributed by atoms with Crippen molar-refractivity contribution in [1.29, 1.82) is 0 Å². The topological polar surface area (TPSA) is 69.1 Å². The summed E-state index contributed by atoms with van der Waals surface area (Å²) in [6.45, 7) is 1.96. The Morgan fingerprint density at radius 1 is 0.903 bits per heavy atom. The van der Waals surface area contributed by atoms with Crippen LogP contribution >= 0.6 is 0 Å². The van der Waals surface area contributed by atoms with E-state index in [1.54, 1.807) is 0 Å². The molecule has 0 aliphatic heterocycles. The number of rotatable bonds is 3. The second-order valence-corrected chi connectivity index (χ2v) is 8.53. The van der Waals surface area contributed by atoms with Gasteiger partial charge in [0.15, 0.2) is 5.65 Å². The molecule has 3 aromatic heterocycles. The number of fused-ring (bicyclic) bond motifs is 3. The van der Waals surface area contributed by atoms with Gasteiger partial charge in [-0.25, -0.2) is 4.98 Å². The lowest BCUT2D eigenvalue weighted by Gasteiger charge is -2.38. The Hall–Kier alpha value is -3.57. The fourth-order valence-electron chi connectivity index (χ4n) is 4.57. The Labute approximate surface area is 180 Å². The van der Waals surface area contributed by atoms with E-state index < -0.39 is 0 Å². The van der Waals surface area contributed by atoms with Gasteiger partial charge in [0, 0.05) is 28.2 Å². The number of aromatic nitrogens is 4. The highest BCUT2D eigenvalue weighted by Crippen LogP contribution is 2.40. The van der Waals surface area contributed by atoms with Gasteiger partial charge >= 0.3 is 0 Å². The van der Waals surface area contributed by atoms with Crippen LogP contribution in [0, 0.1) is 6.92 Å². The van der Waals surface area contributed by atoms with Crippen LogP contribution in [0.15, 0.2) is 72.9 Å². The van der Waals surface area contributed by atoms with Gasteiger partial charge < -0.3 is 5.73 Å². The maximum absolute atomic E-state index is 6.53. The second-order valence-electron chi connectivity index (χ2n) is 8.53. The molecule has 0 saturated heterocycles. The molecule has 1 saturated carbocycles. The van der Waals surface area contributed by atoms with Crippen LogP contribution in [-0.2, 0) is 5.54 Å². The molecule has 6 rings (SSSR count). The number of pyridine rings is 2. The lowest BCUT2D eigenvalue weighted by Crippen LogP contribution is -2.43. The van der Waals surface area contributed by atoms with Crippen molar-refractivity contribution in [2.75, 3.05) is 0 Å². The minimum Gasteiger partial charge on any atom is -0.321 e. The van der Waals surface area contributed by atoms with Crippen molar-refractivity contribution in [2.24, 2.45) is 5.73 Å². The average molecular weight is 406 g/mol. The second kappa shape index (κ2) is 6.72. The summed E-state index contributed by atoms with van der Waals surface area (Å²) in [6, 6.07) is 23.3. The molecule has 1 fully saturated rings. The Bertz CT molecular complexity index is 1410. The van der Waals surface area contributed by atoms with E-state index in [0.717, 1.165) is 57.6 Å². The van der Waals surface area contributed by atoms with E-state index in [0.29, 0.717) is 0 Å².